The maximum atomic E-state index is 5.84. The molecule has 2 N–H and O–H groups in total. The molecule has 1 aliphatic carbocycles. The van der Waals surface area contributed by atoms with Crippen molar-refractivity contribution < 1.29 is 0 Å². The molecule has 1 aliphatic heterocycles. The number of hydrogen-bond acceptors (Lipinski definition) is 2. The summed E-state index contributed by atoms with van der Waals surface area (Å²) >= 11 is 0. The highest BCUT2D eigenvalue weighted by atomic mass is 15.2. The van der Waals surface area contributed by atoms with E-state index in [1.165, 1.54) is 58.0 Å². The van der Waals surface area contributed by atoms with Gasteiger partial charge in [0, 0.05) is 6.04 Å². The zero-order valence-corrected chi connectivity index (χ0v) is 11.8. The molecule has 2 fully saturated rings. The summed E-state index contributed by atoms with van der Waals surface area (Å²) in [5.74, 6) is 1.01. The standard InChI is InChI=1S/C15H30N2/c1-15(2,12-16)9-11-17-10-5-7-13-6-3-4-8-14(13)17/h13-14H,3-12,16H2,1-2H3. The van der Waals surface area contributed by atoms with Gasteiger partial charge in [-0.15, -0.1) is 0 Å². The van der Waals surface area contributed by atoms with Crippen LogP contribution < -0.4 is 5.73 Å². The molecule has 0 aromatic heterocycles. The lowest BCUT2D eigenvalue weighted by molar-refractivity contribution is 0.0518. The first-order valence-corrected chi connectivity index (χ1v) is 7.56. The van der Waals surface area contributed by atoms with E-state index in [9.17, 15) is 0 Å². The smallest absolute Gasteiger partial charge is 0.0123 e. The molecule has 2 rings (SSSR count). The van der Waals surface area contributed by atoms with E-state index in [4.69, 9.17) is 5.73 Å². The molecule has 0 aromatic carbocycles. The van der Waals surface area contributed by atoms with Crippen molar-refractivity contribution in [3.05, 3.63) is 0 Å². The van der Waals surface area contributed by atoms with Crippen LogP contribution in [0.2, 0.25) is 0 Å². The molecule has 17 heavy (non-hydrogen) atoms. The molecule has 100 valence electrons. The molecule has 0 aromatic rings. The minimum absolute atomic E-state index is 0.321. The van der Waals surface area contributed by atoms with E-state index in [1.807, 2.05) is 0 Å². The number of likely N-dealkylation sites (tertiary alicyclic amines) is 1. The van der Waals surface area contributed by atoms with Crippen molar-refractivity contribution in [2.45, 2.75) is 64.8 Å². The van der Waals surface area contributed by atoms with Crippen LogP contribution in [0.1, 0.15) is 58.8 Å². The van der Waals surface area contributed by atoms with Crippen LogP contribution in [0, 0.1) is 11.3 Å². The first kappa shape index (κ1) is 13.4. The molecule has 0 spiro atoms. The second kappa shape index (κ2) is 5.71. The Labute approximate surface area is 107 Å². The Morgan fingerprint density at radius 3 is 2.59 bits per heavy atom. The Morgan fingerprint density at radius 2 is 1.82 bits per heavy atom. The Morgan fingerprint density at radius 1 is 1.12 bits per heavy atom. The van der Waals surface area contributed by atoms with Crippen molar-refractivity contribution in [1.82, 2.24) is 4.90 Å². The lowest BCUT2D eigenvalue weighted by atomic mass is 9.78. The van der Waals surface area contributed by atoms with Crippen LogP contribution in [0.5, 0.6) is 0 Å². The minimum Gasteiger partial charge on any atom is -0.330 e. The molecule has 1 saturated heterocycles. The quantitative estimate of drug-likeness (QED) is 0.816. The second-order valence-corrected chi connectivity index (χ2v) is 6.91. The second-order valence-electron chi connectivity index (χ2n) is 6.91. The van der Waals surface area contributed by atoms with Gasteiger partial charge in [-0.25, -0.2) is 0 Å². The largest absolute Gasteiger partial charge is 0.330 e. The summed E-state index contributed by atoms with van der Waals surface area (Å²) in [7, 11) is 0. The minimum atomic E-state index is 0.321. The van der Waals surface area contributed by atoms with Gasteiger partial charge in [-0.1, -0.05) is 26.7 Å². The van der Waals surface area contributed by atoms with Crippen LogP contribution in [0.3, 0.4) is 0 Å². The van der Waals surface area contributed by atoms with Gasteiger partial charge in [0.2, 0.25) is 0 Å². The van der Waals surface area contributed by atoms with E-state index in [-0.39, 0.29) is 0 Å². The summed E-state index contributed by atoms with van der Waals surface area (Å²) in [5, 5.41) is 0. The maximum absolute atomic E-state index is 5.84. The predicted octanol–water partition coefficient (Wildman–Crippen LogP) is 3.02. The highest BCUT2D eigenvalue weighted by molar-refractivity contribution is 4.88. The third-order valence-corrected chi connectivity index (χ3v) is 4.99. The first-order valence-electron chi connectivity index (χ1n) is 7.56. The Hall–Kier alpha value is -0.0800. The summed E-state index contributed by atoms with van der Waals surface area (Å²) in [4.78, 5) is 2.78. The van der Waals surface area contributed by atoms with Crippen LogP contribution in [0.15, 0.2) is 0 Å². The summed E-state index contributed by atoms with van der Waals surface area (Å²) in [6.45, 7) is 8.02. The van der Waals surface area contributed by atoms with Crippen LogP contribution in [-0.4, -0.2) is 30.6 Å². The van der Waals surface area contributed by atoms with Crippen molar-refractivity contribution in [3.63, 3.8) is 0 Å². The number of nitrogens with two attached hydrogens (primary N) is 1. The fourth-order valence-electron chi connectivity index (χ4n) is 3.55. The Bertz CT molecular complexity index is 235. The van der Waals surface area contributed by atoms with Crippen molar-refractivity contribution in [3.8, 4) is 0 Å². The number of nitrogens with zero attached hydrogens (tertiary/aromatic N) is 1. The SMILES string of the molecule is CC(C)(CN)CCN1CCCC2CCCCC21. The molecule has 0 amide bonds. The molecule has 2 heteroatoms. The van der Waals surface area contributed by atoms with Crippen molar-refractivity contribution >= 4 is 0 Å². The Kier molecular flexibility index (Phi) is 4.48. The van der Waals surface area contributed by atoms with Gasteiger partial charge < -0.3 is 10.6 Å². The number of piperidine rings is 1. The molecule has 2 atom stereocenters. The third-order valence-electron chi connectivity index (χ3n) is 4.99. The van der Waals surface area contributed by atoms with Crippen molar-refractivity contribution in [2.75, 3.05) is 19.6 Å². The topological polar surface area (TPSA) is 29.3 Å². The molecule has 2 aliphatic rings. The van der Waals surface area contributed by atoms with Crippen LogP contribution in [0.4, 0.5) is 0 Å². The summed E-state index contributed by atoms with van der Waals surface area (Å²) < 4.78 is 0. The van der Waals surface area contributed by atoms with Gasteiger partial charge in [-0.2, -0.15) is 0 Å². The van der Waals surface area contributed by atoms with Gasteiger partial charge in [-0.05, 0) is 63.1 Å². The molecular weight excluding hydrogens is 208 g/mol. The normalized spacial score (nSPS) is 31.2. The average molecular weight is 238 g/mol. The van der Waals surface area contributed by atoms with E-state index in [1.54, 1.807) is 0 Å². The summed E-state index contributed by atoms with van der Waals surface area (Å²) in [6.07, 6.45) is 10.0. The van der Waals surface area contributed by atoms with Gasteiger partial charge in [0.05, 0.1) is 0 Å². The predicted molar refractivity (Wildman–Crippen MR) is 74.0 cm³/mol. The van der Waals surface area contributed by atoms with E-state index < -0.39 is 0 Å². The van der Waals surface area contributed by atoms with Crippen LogP contribution in [0.25, 0.3) is 0 Å². The highest BCUT2D eigenvalue weighted by Crippen LogP contribution is 2.35. The first-order chi connectivity index (χ1) is 8.12. The Balaban J connectivity index is 1.86. The number of fused-ring (bicyclic) bond motifs is 1. The van der Waals surface area contributed by atoms with E-state index in [2.05, 4.69) is 18.7 Å². The zero-order chi connectivity index (χ0) is 12.3. The van der Waals surface area contributed by atoms with Gasteiger partial charge in [0.25, 0.3) is 0 Å². The van der Waals surface area contributed by atoms with Gasteiger partial charge in [0.1, 0.15) is 0 Å². The molecule has 1 heterocycles. The molecule has 1 saturated carbocycles. The third kappa shape index (κ3) is 3.45. The molecule has 0 radical (unpaired) electrons. The fourth-order valence-corrected chi connectivity index (χ4v) is 3.55. The summed E-state index contributed by atoms with van der Waals surface area (Å²) in [6, 6.07) is 0.908. The van der Waals surface area contributed by atoms with Gasteiger partial charge in [0.15, 0.2) is 0 Å². The molecule has 2 nitrogen and oxygen atoms in total. The highest BCUT2D eigenvalue weighted by Gasteiger charge is 2.33. The fraction of sp³-hybridized carbons (Fsp3) is 1.00. The lowest BCUT2D eigenvalue weighted by Gasteiger charge is -2.45. The monoisotopic (exact) mass is 238 g/mol. The van der Waals surface area contributed by atoms with Crippen molar-refractivity contribution in [2.24, 2.45) is 17.1 Å². The number of rotatable bonds is 4. The molecule has 0 bridgehead atoms. The lowest BCUT2D eigenvalue weighted by Crippen LogP contribution is -2.48. The van der Waals surface area contributed by atoms with E-state index in [0.29, 0.717) is 5.41 Å². The van der Waals surface area contributed by atoms with Gasteiger partial charge >= 0.3 is 0 Å². The maximum Gasteiger partial charge on any atom is 0.0123 e. The molecule has 2 unspecified atom stereocenters. The number of hydrogen-bond donors (Lipinski definition) is 1. The van der Waals surface area contributed by atoms with Gasteiger partial charge in [-0.3, -0.25) is 0 Å². The van der Waals surface area contributed by atoms with Crippen LogP contribution >= 0.6 is 0 Å². The van der Waals surface area contributed by atoms with Crippen LogP contribution in [-0.2, 0) is 0 Å². The summed E-state index contributed by atoms with van der Waals surface area (Å²) in [5.41, 5.74) is 6.16. The van der Waals surface area contributed by atoms with E-state index in [0.717, 1.165) is 18.5 Å². The molecular formula is C15H30N2. The van der Waals surface area contributed by atoms with E-state index >= 15 is 0 Å². The van der Waals surface area contributed by atoms with Crippen molar-refractivity contribution in [1.29, 1.82) is 0 Å². The average Bonchev–Trinajstić information content (AvgIpc) is 2.36. The zero-order valence-electron chi connectivity index (χ0n) is 11.8.